The Labute approximate surface area is 294 Å². The molecule has 0 bridgehead atoms. The van der Waals surface area contributed by atoms with E-state index in [0.29, 0.717) is 11.8 Å². The van der Waals surface area contributed by atoms with Gasteiger partial charge in [0.15, 0.2) is 11.2 Å². The van der Waals surface area contributed by atoms with Gasteiger partial charge >= 0.3 is 0 Å². The van der Waals surface area contributed by atoms with E-state index >= 15 is 0 Å². The third-order valence-electron chi connectivity index (χ3n) is 10.2. The van der Waals surface area contributed by atoms with Crippen molar-refractivity contribution in [2.75, 3.05) is 0 Å². The first-order chi connectivity index (χ1) is 25.1. The van der Waals surface area contributed by atoms with Gasteiger partial charge in [-0.3, -0.25) is 0 Å². The van der Waals surface area contributed by atoms with Crippen LogP contribution in [-0.2, 0) is 5.54 Å². The van der Waals surface area contributed by atoms with Gasteiger partial charge in [0.2, 0.25) is 11.8 Å². The molecule has 0 saturated heterocycles. The summed E-state index contributed by atoms with van der Waals surface area (Å²) in [6.07, 6.45) is 6.67. The first-order valence-corrected chi connectivity index (χ1v) is 17.1. The zero-order valence-electron chi connectivity index (χ0n) is 27.5. The number of oxazole rings is 2. The highest BCUT2D eigenvalue weighted by atomic mass is 16.4. The second-order valence-electron chi connectivity index (χ2n) is 13.2. The maximum atomic E-state index is 7.65. The molecule has 2 unspecified atom stereocenters. The van der Waals surface area contributed by atoms with Crippen LogP contribution in [0, 0.1) is 0 Å². The van der Waals surface area contributed by atoms with Gasteiger partial charge in [-0.15, -0.1) is 0 Å². The van der Waals surface area contributed by atoms with Crippen molar-refractivity contribution in [3.8, 4) is 22.9 Å². The molecule has 1 aliphatic rings. The van der Waals surface area contributed by atoms with Crippen LogP contribution in [0.1, 0.15) is 22.6 Å². The monoisotopic (exact) mass is 657 g/mol. The van der Waals surface area contributed by atoms with Gasteiger partial charge in [-0.25, -0.2) is 9.97 Å². The SMILES string of the molecule is NC1(c2cccc(-c3nc4ccccc4o3)c2)C=CC(c2cc3ccccc3c3ccccc23)=CC1c1cccc(-c2nc3ccccc3o2)c1. The molecule has 5 nitrogen and oxygen atoms in total. The first kappa shape index (κ1) is 29.4. The van der Waals surface area contributed by atoms with E-state index in [1.54, 1.807) is 0 Å². The van der Waals surface area contributed by atoms with Gasteiger partial charge < -0.3 is 14.6 Å². The molecule has 0 radical (unpaired) electrons. The van der Waals surface area contributed by atoms with Crippen molar-refractivity contribution in [3.05, 3.63) is 187 Å². The van der Waals surface area contributed by atoms with Crippen LogP contribution >= 0.6 is 0 Å². The van der Waals surface area contributed by atoms with Gasteiger partial charge in [-0.05, 0) is 98.4 Å². The first-order valence-electron chi connectivity index (χ1n) is 17.1. The lowest BCUT2D eigenvalue weighted by Crippen LogP contribution is -2.41. The molecular weight excluding hydrogens is 627 g/mol. The number of hydrogen-bond donors (Lipinski definition) is 1. The van der Waals surface area contributed by atoms with Crippen molar-refractivity contribution in [2.24, 2.45) is 5.73 Å². The van der Waals surface area contributed by atoms with E-state index in [-0.39, 0.29) is 5.92 Å². The number of benzene rings is 7. The molecule has 2 atom stereocenters. The van der Waals surface area contributed by atoms with Crippen molar-refractivity contribution in [1.82, 2.24) is 9.97 Å². The number of hydrogen-bond acceptors (Lipinski definition) is 5. The van der Waals surface area contributed by atoms with Gasteiger partial charge in [0, 0.05) is 17.0 Å². The van der Waals surface area contributed by atoms with Gasteiger partial charge in [0.05, 0.1) is 5.54 Å². The number of allylic oxidation sites excluding steroid dienone is 2. The quantitative estimate of drug-likeness (QED) is 0.186. The Hall–Kier alpha value is -6.56. The Balaban J connectivity index is 1.15. The van der Waals surface area contributed by atoms with Crippen LogP contribution in [0.15, 0.2) is 179 Å². The fourth-order valence-electron chi connectivity index (χ4n) is 7.60. The van der Waals surface area contributed by atoms with Crippen molar-refractivity contribution >= 4 is 49.3 Å². The molecule has 2 heterocycles. The minimum atomic E-state index is -0.905. The predicted molar refractivity (Wildman–Crippen MR) is 206 cm³/mol. The second-order valence-corrected chi connectivity index (χ2v) is 13.2. The smallest absolute Gasteiger partial charge is 0.227 e. The minimum Gasteiger partial charge on any atom is -0.436 e. The Morgan fingerprint density at radius 3 is 1.88 bits per heavy atom. The van der Waals surface area contributed by atoms with Crippen molar-refractivity contribution in [3.63, 3.8) is 0 Å². The summed E-state index contributed by atoms with van der Waals surface area (Å²) >= 11 is 0. The molecule has 0 aliphatic heterocycles. The predicted octanol–water partition coefficient (Wildman–Crippen LogP) is 11.2. The van der Waals surface area contributed by atoms with Crippen LogP contribution in [0.4, 0.5) is 0 Å². The van der Waals surface area contributed by atoms with Crippen molar-refractivity contribution in [1.29, 1.82) is 0 Å². The summed E-state index contributed by atoms with van der Waals surface area (Å²) in [5.41, 5.74) is 16.0. The van der Waals surface area contributed by atoms with Crippen LogP contribution in [0.3, 0.4) is 0 Å². The zero-order chi connectivity index (χ0) is 33.9. The topological polar surface area (TPSA) is 78.1 Å². The molecule has 2 aromatic heterocycles. The summed E-state index contributed by atoms with van der Waals surface area (Å²) in [5, 5.41) is 4.87. The summed E-state index contributed by atoms with van der Waals surface area (Å²) in [6, 6.07) is 51.9. The van der Waals surface area contributed by atoms with Crippen molar-refractivity contribution in [2.45, 2.75) is 11.5 Å². The standard InChI is InChI=1S/C46H31N3O2/c47-46(34-15-10-14-33(26-34)45-49-41-20-6-8-22-43(41)51-45)24-23-30(38-27-29-11-1-2-16-35(29)36-17-3-4-18-37(36)38)28-39(46)31-12-9-13-32(25-31)44-48-40-19-5-7-21-42(40)50-44/h1-28,39H,47H2. The van der Waals surface area contributed by atoms with E-state index < -0.39 is 5.54 Å². The van der Waals surface area contributed by atoms with E-state index in [2.05, 4.69) is 103 Å². The molecule has 0 spiro atoms. The lowest BCUT2D eigenvalue weighted by Gasteiger charge is -2.38. The number of aromatic nitrogens is 2. The minimum absolute atomic E-state index is 0.244. The van der Waals surface area contributed by atoms with Gasteiger partial charge in [0.25, 0.3) is 0 Å². The Morgan fingerprint density at radius 1 is 0.549 bits per heavy atom. The van der Waals surface area contributed by atoms with Crippen LogP contribution in [0.25, 0.3) is 72.2 Å². The summed E-state index contributed by atoms with van der Waals surface area (Å²) in [5.74, 6) is 0.899. The van der Waals surface area contributed by atoms with E-state index in [1.165, 1.54) is 27.1 Å². The van der Waals surface area contributed by atoms with Crippen molar-refractivity contribution < 1.29 is 8.83 Å². The van der Waals surface area contributed by atoms with Crippen LogP contribution < -0.4 is 5.73 Å². The molecule has 5 heteroatoms. The summed E-state index contributed by atoms with van der Waals surface area (Å²) in [6.45, 7) is 0. The average Bonchev–Trinajstić information content (AvgIpc) is 3.83. The molecule has 0 saturated carbocycles. The highest BCUT2D eigenvalue weighted by Gasteiger charge is 2.37. The largest absolute Gasteiger partial charge is 0.436 e. The maximum absolute atomic E-state index is 7.65. The molecule has 2 N–H and O–H groups in total. The van der Waals surface area contributed by atoms with E-state index in [1.807, 2.05) is 66.7 Å². The van der Waals surface area contributed by atoms with Crippen LogP contribution in [-0.4, -0.2) is 9.97 Å². The molecule has 9 aromatic rings. The molecule has 1 aliphatic carbocycles. The number of para-hydroxylation sites is 4. The van der Waals surface area contributed by atoms with Gasteiger partial charge in [-0.1, -0.05) is 115 Å². The van der Waals surface area contributed by atoms with E-state index in [9.17, 15) is 0 Å². The molecule has 0 fully saturated rings. The lowest BCUT2D eigenvalue weighted by atomic mass is 9.70. The van der Waals surface area contributed by atoms with Gasteiger partial charge in [0.1, 0.15) is 11.0 Å². The number of nitrogens with zero attached hydrogens (tertiary/aromatic N) is 2. The summed E-state index contributed by atoms with van der Waals surface area (Å²) in [4.78, 5) is 9.59. The Morgan fingerprint density at radius 2 is 1.16 bits per heavy atom. The zero-order valence-corrected chi connectivity index (χ0v) is 27.5. The fourth-order valence-corrected chi connectivity index (χ4v) is 7.60. The molecule has 7 aromatic carbocycles. The molecule has 242 valence electrons. The van der Waals surface area contributed by atoms with E-state index in [4.69, 9.17) is 24.5 Å². The van der Waals surface area contributed by atoms with Crippen LogP contribution in [0.2, 0.25) is 0 Å². The summed E-state index contributed by atoms with van der Waals surface area (Å²) in [7, 11) is 0. The molecule has 10 rings (SSSR count). The number of nitrogens with two attached hydrogens (primary N) is 1. The molecule has 0 amide bonds. The Kier molecular flexibility index (Phi) is 6.63. The highest BCUT2D eigenvalue weighted by Crippen LogP contribution is 2.46. The van der Waals surface area contributed by atoms with Crippen LogP contribution in [0.5, 0.6) is 0 Å². The second kappa shape index (κ2) is 11.5. The molecule has 51 heavy (non-hydrogen) atoms. The normalized spacial score (nSPS) is 17.4. The Bertz CT molecular complexity index is 2790. The third kappa shape index (κ3) is 4.90. The fraction of sp³-hybridized carbons (Fsp3) is 0.0435. The number of fused-ring (bicyclic) bond motifs is 5. The average molecular weight is 658 g/mol. The lowest BCUT2D eigenvalue weighted by molar-refractivity contribution is 0.497. The maximum Gasteiger partial charge on any atom is 0.227 e. The molecular formula is C46H31N3O2. The van der Waals surface area contributed by atoms with E-state index in [0.717, 1.165) is 50.0 Å². The highest BCUT2D eigenvalue weighted by molar-refractivity contribution is 6.12. The number of rotatable bonds is 5. The summed E-state index contributed by atoms with van der Waals surface area (Å²) < 4.78 is 12.4. The third-order valence-corrected chi connectivity index (χ3v) is 10.2. The van der Waals surface area contributed by atoms with Gasteiger partial charge in [-0.2, -0.15) is 0 Å².